The molecule has 0 aliphatic heterocycles. The van der Waals surface area contributed by atoms with E-state index < -0.39 is 20.0 Å². The normalized spacial score (nSPS) is 13.9. The van der Waals surface area contributed by atoms with Gasteiger partial charge < -0.3 is 19.4 Å². The van der Waals surface area contributed by atoms with Crippen molar-refractivity contribution in [3.05, 3.63) is 36.5 Å². The molecule has 0 aromatic heterocycles. The Morgan fingerprint density at radius 1 is 0.472 bits per heavy atom. The number of hydrogen-bond donors (Lipinski definition) is 2. The van der Waals surface area contributed by atoms with E-state index in [1.54, 1.807) is 0 Å². The van der Waals surface area contributed by atoms with Gasteiger partial charge in [0.25, 0.3) is 0 Å². The molecule has 0 aromatic carbocycles. The molecule has 2 N–H and O–H groups in total. The van der Waals surface area contributed by atoms with E-state index >= 15 is 0 Å². The van der Waals surface area contributed by atoms with Crippen molar-refractivity contribution in [1.29, 1.82) is 0 Å². The maximum atomic E-state index is 13.5. The molecule has 0 spiro atoms. The van der Waals surface area contributed by atoms with E-state index in [0.717, 1.165) is 70.6 Å². The fourth-order valence-electron chi connectivity index (χ4n) is 8.99. The molecule has 9 nitrogen and oxygen atoms in total. The van der Waals surface area contributed by atoms with Crippen LogP contribution in [0.5, 0.6) is 0 Å². The van der Waals surface area contributed by atoms with Crippen LogP contribution in [0.15, 0.2) is 36.5 Å². The third kappa shape index (κ3) is 53.1. The molecule has 0 bridgehead atoms. The summed E-state index contributed by atoms with van der Waals surface area (Å²) in [5.41, 5.74) is 0. The van der Waals surface area contributed by atoms with Crippen LogP contribution in [-0.2, 0) is 27.9 Å². The van der Waals surface area contributed by atoms with Crippen LogP contribution in [0.4, 0.5) is 0 Å². The van der Waals surface area contributed by atoms with Gasteiger partial charge in [-0.05, 0) is 83.1 Å². The van der Waals surface area contributed by atoms with E-state index in [2.05, 4.69) is 50.4 Å². The third-order valence-electron chi connectivity index (χ3n) is 13.8. The van der Waals surface area contributed by atoms with Crippen LogP contribution >= 0.6 is 7.82 Å². The molecule has 1 amide bonds. The largest absolute Gasteiger partial charge is 0.472 e. The molecule has 72 heavy (non-hydrogen) atoms. The number of likely N-dealkylation sites (N-methyl/N-ethyl adjacent to an activating group) is 1. The zero-order valence-corrected chi connectivity index (χ0v) is 49.3. The number of quaternary nitrogens is 1. The van der Waals surface area contributed by atoms with Crippen molar-refractivity contribution in [3.8, 4) is 0 Å². The first-order valence-corrected chi connectivity index (χ1v) is 32.3. The first kappa shape index (κ1) is 70.2. The molecule has 0 aliphatic rings. The van der Waals surface area contributed by atoms with E-state index in [1.807, 2.05) is 33.3 Å². The average molecular weight is 1040 g/mol. The van der Waals surface area contributed by atoms with Crippen LogP contribution < -0.4 is 5.32 Å². The molecule has 0 heterocycles. The number of carbonyl (C=O) groups is 2. The lowest BCUT2D eigenvalue weighted by atomic mass is 10.0. The van der Waals surface area contributed by atoms with Crippen LogP contribution in [-0.4, -0.2) is 74.3 Å². The van der Waals surface area contributed by atoms with Crippen LogP contribution in [0.25, 0.3) is 0 Å². The third-order valence-corrected chi connectivity index (χ3v) is 14.8. The number of allylic oxidation sites excluding steroid dienone is 5. The van der Waals surface area contributed by atoms with Crippen molar-refractivity contribution in [1.82, 2.24) is 5.32 Å². The van der Waals surface area contributed by atoms with Crippen LogP contribution in [0.1, 0.15) is 297 Å². The molecule has 10 heteroatoms. The smallest absolute Gasteiger partial charge is 0.456 e. The zero-order chi connectivity index (χ0) is 52.9. The van der Waals surface area contributed by atoms with Gasteiger partial charge in [-0.1, -0.05) is 237 Å². The highest BCUT2D eigenvalue weighted by Crippen LogP contribution is 2.43. The lowest BCUT2D eigenvalue weighted by Crippen LogP contribution is -2.47. The van der Waals surface area contributed by atoms with E-state index in [-0.39, 0.29) is 25.1 Å². The summed E-state index contributed by atoms with van der Waals surface area (Å²) < 4.78 is 30.7. The first-order valence-electron chi connectivity index (χ1n) is 30.8. The number of esters is 1. The van der Waals surface area contributed by atoms with Gasteiger partial charge in [0.15, 0.2) is 0 Å². The zero-order valence-electron chi connectivity index (χ0n) is 48.4. The van der Waals surface area contributed by atoms with Crippen molar-refractivity contribution in [2.24, 2.45) is 0 Å². The lowest BCUT2D eigenvalue weighted by molar-refractivity contribution is -0.870. The number of ether oxygens (including phenoxy) is 1. The summed E-state index contributed by atoms with van der Waals surface area (Å²) in [5, 5.41) is 3.05. The number of phosphoric ester groups is 1. The summed E-state index contributed by atoms with van der Waals surface area (Å²) in [6.45, 7) is 7.02. The highest BCUT2D eigenvalue weighted by atomic mass is 31.2. The van der Waals surface area contributed by atoms with Gasteiger partial charge in [0.2, 0.25) is 5.91 Å². The van der Waals surface area contributed by atoms with Gasteiger partial charge >= 0.3 is 13.8 Å². The van der Waals surface area contributed by atoms with Gasteiger partial charge in [-0.2, -0.15) is 0 Å². The van der Waals surface area contributed by atoms with E-state index in [4.69, 9.17) is 13.8 Å². The quantitative estimate of drug-likeness (QED) is 0.0205. The minimum Gasteiger partial charge on any atom is -0.456 e. The number of carbonyl (C=O) groups excluding carboxylic acids is 2. The second-order valence-corrected chi connectivity index (χ2v) is 23.7. The monoisotopic (exact) mass is 1040 g/mol. The molecule has 3 unspecified atom stereocenters. The van der Waals surface area contributed by atoms with Crippen molar-refractivity contribution in [2.45, 2.75) is 309 Å². The summed E-state index contributed by atoms with van der Waals surface area (Å²) in [5.74, 6) is -0.503. The summed E-state index contributed by atoms with van der Waals surface area (Å²) in [6, 6.07) is -0.848. The number of hydrogen-bond acceptors (Lipinski definition) is 6. The summed E-state index contributed by atoms with van der Waals surface area (Å²) in [7, 11) is 1.50. The van der Waals surface area contributed by atoms with Crippen LogP contribution in [0.2, 0.25) is 0 Å². The molecule has 0 rings (SSSR count). The minimum absolute atomic E-state index is 0.0407. The van der Waals surface area contributed by atoms with Crippen molar-refractivity contribution in [2.75, 3.05) is 40.9 Å². The Morgan fingerprint density at radius 3 is 1.19 bits per heavy atom. The maximum absolute atomic E-state index is 13.5. The molecule has 0 fully saturated rings. The fourth-order valence-corrected chi connectivity index (χ4v) is 9.72. The number of unbranched alkanes of at least 4 members (excludes halogenated alkanes) is 36. The molecule has 0 aliphatic carbocycles. The standard InChI is InChI=1S/C62H119N2O7P/c1-7-10-13-16-19-22-25-28-30-31-32-33-35-37-40-43-46-49-52-55-62(66)71-60(53-50-47-44-41-38-27-24-21-18-15-12-9-3)59(58-70-72(67,68)69-57-56-64(4,5)6)63-61(65)54-51-48-45-42-39-36-34-29-26-23-20-17-14-11-8-2/h23,26,28,30,50,53,59-60H,7-22,24-25,27,29,31-49,51-52,54-58H2,1-6H3,(H-,63,65,67,68)/p+1/b26-23-,30-28+,53-50+. The second kappa shape index (κ2) is 52.7. The highest BCUT2D eigenvalue weighted by Gasteiger charge is 2.30. The molecule has 0 radical (unpaired) electrons. The molecule has 0 saturated heterocycles. The molecule has 0 aromatic rings. The molecular weight excluding hydrogens is 916 g/mol. The Labute approximate surface area is 446 Å². The van der Waals surface area contributed by atoms with Gasteiger partial charge in [-0.15, -0.1) is 0 Å². The topological polar surface area (TPSA) is 111 Å². The Hall–Kier alpha value is -1.77. The van der Waals surface area contributed by atoms with Gasteiger partial charge in [0, 0.05) is 12.8 Å². The van der Waals surface area contributed by atoms with Gasteiger partial charge in [-0.25, -0.2) is 4.57 Å². The molecule has 3 atom stereocenters. The lowest BCUT2D eigenvalue weighted by Gasteiger charge is -2.27. The number of rotatable bonds is 56. The second-order valence-electron chi connectivity index (χ2n) is 22.2. The molecular formula is C62H120N2O7P+. The Kier molecular flexibility index (Phi) is 51.4. The SMILES string of the molecule is CCCCCC/C=C\CCCCCCCCCC(=O)NC(COP(=O)(O)OCC[N+](C)(C)C)C(/C=C/CCCCCCCCCCCC)OC(=O)CCCCCCCCCCC/C=C/CCCCCCCC. The Balaban J connectivity index is 5.25. The van der Waals surface area contributed by atoms with Crippen molar-refractivity contribution < 1.29 is 37.3 Å². The predicted molar refractivity (Wildman–Crippen MR) is 309 cm³/mol. The average Bonchev–Trinajstić information content (AvgIpc) is 3.34. The Morgan fingerprint density at radius 2 is 0.806 bits per heavy atom. The fraction of sp³-hybridized carbons (Fsp3) is 0.871. The molecule has 424 valence electrons. The number of nitrogens with one attached hydrogen (secondary N) is 1. The van der Waals surface area contributed by atoms with E-state index in [9.17, 15) is 19.0 Å². The number of nitrogens with zero attached hydrogens (tertiary/aromatic N) is 1. The Bertz CT molecular complexity index is 1330. The summed E-state index contributed by atoms with van der Waals surface area (Å²) in [6.07, 6.45) is 62.7. The minimum atomic E-state index is -4.44. The first-order chi connectivity index (χ1) is 34.9. The van der Waals surface area contributed by atoms with Crippen molar-refractivity contribution >= 4 is 19.7 Å². The van der Waals surface area contributed by atoms with Crippen molar-refractivity contribution in [3.63, 3.8) is 0 Å². The predicted octanol–water partition coefficient (Wildman–Crippen LogP) is 18.7. The van der Waals surface area contributed by atoms with E-state index in [1.165, 1.54) is 193 Å². The van der Waals surface area contributed by atoms with Gasteiger partial charge in [0.05, 0.1) is 33.8 Å². The van der Waals surface area contributed by atoms with Gasteiger partial charge in [0.1, 0.15) is 19.3 Å². The van der Waals surface area contributed by atoms with Crippen LogP contribution in [0.3, 0.4) is 0 Å². The van der Waals surface area contributed by atoms with E-state index in [0.29, 0.717) is 23.9 Å². The molecule has 0 saturated carbocycles. The number of phosphoric acid groups is 1. The highest BCUT2D eigenvalue weighted by molar-refractivity contribution is 7.47. The summed E-state index contributed by atoms with van der Waals surface area (Å²) in [4.78, 5) is 37.7. The number of amides is 1. The van der Waals surface area contributed by atoms with Crippen LogP contribution in [0, 0.1) is 0 Å². The maximum Gasteiger partial charge on any atom is 0.472 e. The van der Waals surface area contributed by atoms with Gasteiger partial charge in [-0.3, -0.25) is 18.6 Å². The summed E-state index contributed by atoms with van der Waals surface area (Å²) >= 11 is 0.